The van der Waals surface area contributed by atoms with E-state index in [1.165, 1.54) is 4.90 Å². The van der Waals surface area contributed by atoms with Crippen LogP contribution in [0, 0.1) is 20.8 Å². The zero-order valence-corrected chi connectivity index (χ0v) is 26.7. The predicted octanol–water partition coefficient (Wildman–Crippen LogP) is 5.97. The van der Waals surface area contributed by atoms with Gasteiger partial charge in [-0.25, -0.2) is 8.42 Å². The van der Waals surface area contributed by atoms with E-state index in [2.05, 4.69) is 5.32 Å². The topological polar surface area (TPSA) is 86.8 Å². The van der Waals surface area contributed by atoms with Gasteiger partial charge in [0.1, 0.15) is 12.6 Å². The third-order valence-electron chi connectivity index (χ3n) is 7.63. The number of aryl methyl sites for hydroxylation is 3. The number of benzene rings is 4. The average Bonchev–Trinajstić information content (AvgIpc) is 3.02. The standard InChI is InChI=1S/C36H41N3O4S/c1-5-23-37-36(41)34(24-30-12-7-6-8-13-30)38(25-31-14-10-9-11-29(31)4)35(40)26-39(32-19-15-27(2)16-20-32)44(42,43)33-21-17-28(3)18-22-33/h6-22,34H,5,23-26H2,1-4H3,(H,37,41). The van der Waals surface area contributed by atoms with Crippen molar-refractivity contribution in [1.29, 1.82) is 0 Å². The Kier molecular flexibility index (Phi) is 11.0. The van der Waals surface area contributed by atoms with Crippen molar-refractivity contribution in [3.63, 3.8) is 0 Å². The summed E-state index contributed by atoms with van der Waals surface area (Å²) in [6.07, 6.45) is 1.02. The molecule has 0 aliphatic heterocycles. The van der Waals surface area contributed by atoms with Crippen molar-refractivity contribution in [2.24, 2.45) is 0 Å². The molecule has 2 amide bonds. The lowest BCUT2D eigenvalue weighted by Crippen LogP contribution is -2.53. The van der Waals surface area contributed by atoms with Crippen LogP contribution in [-0.4, -0.2) is 44.3 Å². The molecular formula is C36H41N3O4S. The van der Waals surface area contributed by atoms with Crippen LogP contribution in [-0.2, 0) is 32.6 Å². The van der Waals surface area contributed by atoms with Crippen LogP contribution >= 0.6 is 0 Å². The first-order chi connectivity index (χ1) is 21.1. The zero-order chi connectivity index (χ0) is 31.7. The van der Waals surface area contributed by atoms with Crippen molar-refractivity contribution >= 4 is 27.5 Å². The van der Waals surface area contributed by atoms with Gasteiger partial charge >= 0.3 is 0 Å². The molecule has 4 aromatic rings. The predicted molar refractivity (Wildman–Crippen MR) is 176 cm³/mol. The first-order valence-electron chi connectivity index (χ1n) is 14.9. The Labute approximate surface area is 261 Å². The highest BCUT2D eigenvalue weighted by Gasteiger charge is 2.34. The molecule has 230 valence electrons. The number of nitrogens with zero attached hydrogens (tertiary/aromatic N) is 2. The zero-order valence-electron chi connectivity index (χ0n) is 25.9. The molecule has 0 saturated carbocycles. The van der Waals surface area contributed by atoms with E-state index in [1.54, 1.807) is 36.4 Å². The van der Waals surface area contributed by atoms with Gasteiger partial charge in [-0.3, -0.25) is 13.9 Å². The first kappa shape index (κ1) is 32.5. The molecule has 0 spiro atoms. The van der Waals surface area contributed by atoms with Gasteiger partial charge in [0.25, 0.3) is 10.0 Å². The number of nitrogens with one attached hydrogen (secondary N) is 1. The second kappa shape index (κ2) is 14.8. The molecule has 7 nitrogen and oxygen atoms in total. The maximum absolute atomic E-state index is 14.5. The number of hydrogen-bond acceptors (Lipinski definition) is 4. The van der Waals surface area contributed by atoms with Gasteiger partial charge in [-0.15, -0.1) is 0 Å². The number of anilines is 1. The molecule has 1 N–H and O–H groups in total. The van der Waals surface area contributed by atoms with Gasteiger partial charge in [-0.1, -0.05) is 96.9 Å². The van der Waals surface area contributed by atoms with Crippen LogP contribution < -0.4 is 9.62 Å². The Bertz CT molecular complexity index is 1650. The Hall–Kier alpha value is -4.43. The van der Waals surface area contributed by atoms with Crippen LogP contribution in [0.3, 0.4) is 0 Å². The lowest BCUT2D eigenvalue weighted by molar-refractivity contribution is -0.140. The van der Waals surface area contributed by atoms with Crippen molar-refractivity contribution in [3.8, 4) is 0 Å². The SMILES string of the molecule is CCCNC(=O)C(Cc1ccccc1)N(Cc1ccccc1C)C(=O)CN(c1ccc(C)cc1)S(=O)(=O)c1ccc(C)cc1. The van der Waals surface area contributed by atoms with Crippen molar-refractivity contribution in [3.05, 3.63) is 131 Å². The summed E-state index contributed by atoms with van der Waals surface area (Å²) in [6, 6.07) is 30.0. The normalized spacial score (nSPS) is 11.9. The first-order valence-corrected chi connectivity index (χ1v) is 16.4. The van der Waals surface area contributed by atoms with E-state index in [9.17, 15) is 18.0 Å². The summed E-state index contributed by atoms with van der Waals surface area (Å²) < 4.78 is 29.4. The molecule has 1 unspecified atom stereocenters. The fraction of sp³-hybridized carbons (Fsp3) is 0.278. The summed E-state index contributed by atoms with van der Waals surface area (Å²) >= 11 is 0. The number of carbonyl (C=O) groups is 2. The quantitative estimate of drug-likeness (QED) is 0.202. The maximum Gasteiger partial charge on any atom is 0.264 e. The van der Waals surface area contributed by atoms with Crippen LogP contribution in [0.15, 0.2) is 108 Å². The van der Waals surface area contributed by atoms with E-state index >= 15 is 0 Å². The van der Waals surface area contributed by atoms with Crippen LogP contribution in [0.1, 0.15) is 41.2 Å². The summed E-state index contributed by atoms with van der Waals surface area (Å²) in [5, 5.41) is 2.98. The fourth-order valence-corrected chi connectivity index (χ4v) is 6.38. The summed E-state index contributed by atoms with van der Waals surface area (Å²) in [5.74, 6) is -0.752. The third kappa shape index (κ3) is 8.14. The molecule has 0 aliphatic carbocycles. The Morgan fingerprint density at radius 2 is 1.36 bits per heavy atom. The van der Waals surface area contributed by atoms with E-state index in [1.807, 2.05) is 94.4 Å². The highest BCUT2D eigenvalue weighted by molar-refractivity contribution is 7.92. The molecule has 0 heterocycles. The average molecular weight is 612 g/mol. The van der Waals surface area contributed by atoms with E-state index < -0.39 is 28.5 Å². The fourth-order valence-electron chi connectivity index (χ4n) is 4.97. The number of rotatable bonds is 13. The van der Waals surface area contributed by atoms with Crippen molar-refractivity contribution in [2.45, 2.75) is 58.0 Å². The van der Waals surface area contributed by atoms with Gasteiger partial charge < -0.3 is 10.2 Å². The maximum atomic E-state index is 14.5. The van der Waals surface area contributed by atoms with Gasteiger partial charge in [-0.2, -0.15) is 0 Å². The molecule has 4 aromatic carbocycles. The molecule has 0 aromatic heterocycles. The monoisotopic (exact) mass is 611 g/mol. The highest BCUT2D eigenvalue weighted by atomic mass is 32.2. The van der Waals surface area contributed by atoms with Crippen molar-refractivity contribution < 1.29 is 18.0 Å². The molecule has 44 heavy (non-hydrogen) atoms. The number of carbonyl (C=O) groups excluding carboxylic acids is 2. The molecule has 0 bridgehead atoms. The Morgan fingerprint density at radius 1 is 0.773 bits per heavy atom. The van der Waals surface area contributed by atoms with Crippen LogP contribution in [0.2, 0.25) is 0 Å². The van der Waals surface area contributed by atoms with Crippen LogP contribution in [0.5, 0.6) is 0 Å². The van der Waals surface area contributed by atoms with Gasteiger partial charge in [0.15, 0.2) is 0 Å². The number of hydrogen-bond donors (Lipinski definition) is 1. The van der Waals surface area contributed by atoms with Crippen LogP contribution in [0.4, 0.5) is 5.69 Å². The van der Waals surface area contributed by atoms with Crippen molar-refractivity contribution in [1.82, 2.24) is 10.2 Å². The van der Waals surface area contributed by atoms with Crippen LogP contribution in [0.25, 0.3) is 0 Å². The van der Waals surface area contributed by atoms with Gasteiger partial charge in [0.2, 0.25) is 11.8 Å². The summed E-state index contributed by atoms with van der Waals surface area (Å²) in [4.78, 5) is 29.8. The number of sulfonamides is 1. The summed E-state index contributed by atoms with van der Waals surface area (Å²) in [6.45, 7) is 7.87. The molecule has 8 heteroatoms. The summed E-state index contributed by atoms with van der Waals surface area (Å²) in [7, 11) is -4.13. The van der Waals surface area contributed by atoms with E-state index in [4.69, 9.17) is 0 Å². The number of amides is 2. The summed E-state index contributed by atoms with van der Waals surface area (Å²) in [5.41, 5.74) is 5.01. The third-order valence-corrected chi connectivity index (χ3v) is 9.42. The molecular weight excluding hydrogens is 570 g/mol. The lowest BCUT2D eigenvalue weighted by Gasteiger charge is -2.34. The highest BCUT2D eigenvalue weighted by Crippen LogP contribution is 2.26. The second-order valence-corrected chi connectivity index (χ2v) is 13.0. The van der Waals surface area contributed by atoms with Crippen molar-refractivity contribution in [2.75, 3.05) is 17.4 Å². The minimum Gasteiger partial charge on any atom is -0.354 e. The molecule has 4 rings (SSSR count). The molecule has 0 saturated heterocycles. The van der Waals surface area contributed by atoms with E-state index in [-0.39, 0.29) is 23.8 Å². The van der Waals surface area contributed by atoms with Gasteiger partial charge in [0.05, 0.1) is 10.6 Å². The largest absolute Gasteiger partial charge is 0.354 e. The Morgan fingerprint density at radius 3 is 1.98 bits per heavy atom. The minimum absolute atomic E-state index is 0.0865. The molecule has 1 atom stereocenters. The van der Waals surface area contributed by atoms with Gasteiger partial charge in [-0.05, 0) is 68.1 Å². The smallest absolute Gasteiger partial charge is 0.264 e. The van der Waals surface area contributed by atoms with E-state index in [0.29, 0.717) is 12.2 Å². The molecule has 0 aliphatic rings. The minimum atomic E-state index is -4.13. The molecule has 0 radical (unpaired) electrons. The van der Waals surface area contributed by atoms with E-state index in [0.717, 1.165) is 38.5 Å². The lowest BCUT2D eigenvalue weighted by atomic mass is 10.0. The second-order valence-electron chi connectivity index (χ2n) is 11.1. The van der Waals surface area contributed by atoms with Gasteiger partial charge in [0, 0.05) is 19.5 Å². The molecule has 0 fully saturated rings. The Balaban J connectivity index is 1.80.